The molecule has 3 heteroatoms. The molecule has 17 heavy (non-hydrogen) atoms. The molecule has 0 aromatic rings. The van der Waals surface area contributed by atoms with E-state index in [0.717, 1.165) is 25.7 Å². The highest BCUT2D eigenvalue weighted by Gasteiger charge is 2.33. The van der Waals surface area contributed by atoms with Crippen molar-refractivity contribution < 1.29 is 14.3 Å². The molecule has 1 fully saturated rings. The Hall–Kier alpha value is -0.570. The van der Waals surface area contributed by atoms with E-state index in [9.17, 15) is 4.79 Å². The van der Waals surface area contributed by atoms with E-state index in [1.54, 1.807) is 0 Å². The van der Waals surface area contributed by atoms with E-state index >= 15 is 0 Å². The van der Waals surface area contributed by atoms with Gasteiger partial charge in [0.2, 0.25) is 0 Å². The van der Waals surface area contributed by atoms with Crippen molar-refractivity contribution >= 4 is 5.97 Å². The van der Waals surface area contributed by atoms with Gasteiger partial charge in [0.1, 0.15) is 5.60 Å². The van der Waals surface area contributed by atoms with Gasteiger partial charge in [0, 0.05) is 6.61 Å². The van der Waals surface area contributed by atoms with E-state index < -0.39 is 5.60 Å². The van der Waals surface area contributed by atoms with Gasteiger partial charge >= 0.3 is 5.97 Å². The second-order valence-corrected chi connectivity index (χ2v) is 5.46. The predicted octanol–water partition coefficient (Wildman–Crippen LogP) is 3.31. The molecule has 100 valence electrons. The Morgan fingerprint density at radius 1 is 1.29 bits per heavy atom. The largest absolute Gasteiger partial charge is 0.457 e. The van der Waals surface area contributed by atoms with Gasteiger partial charge in [0.15, 0.2) is 0 Å². The van der Waals surface area contributed by atoms with Crippen LogP contribution in [0.25, 0.3) is 0 Å². The summed E-state index contributed by atoms with van der Waals surface area (Å²) in [6.45, 7) is 8.40. The zero-order valence-corrected chi connectivity index (χ0v) is 11.6. The van der Waals surface area contributed by atoms with Gasteiger partial charge in [-0.3, -0.25) is 4.79 Å². The maximum Gasteiger partial charge on any atom is 0.309 e. The summed E-state index contributed by atoms with van der Waals surface area (Å²) in [4.78, 5) is 12.0. The number of carbonyl (C=O) groups is 1. The van der Waals surface area contributed by atoms with Gasteiger partial charge < -0.3 is 9.47 Å². The third-order valence-electron chi connectivity index (χ3n) is 3.70. The second kappa shape index (κ2) is 6.39. The van der Waals surface area contributed by atoms with Gasteiger partial charge in [-0.15, -0.1) is 0 Å². The monoisotopic (exact) mass is 242 g/mol. The first-order valence-electron chi connectivity index (χ1n) is 6.82. The summed E-state index contributed by atoms with van der Waals surface area (Å²) < 4.78 is 11.1. The maximum atomic E-state index is 12.0. The molecule has 3 nitrogen and oxygen atoms in total. The molecule has 1 unspecified atom stereocenters. The maximum absolute atomic E-state index is 12.0. The quantitative estimate of drug-likeness (QED) is 0.694. The van der Waals surface area contributed by atoms with Crippen LogP contribution in [0.5, 0.6) is 0 Å². The van der Waals surface area contributed by atoms with Gasteiger partial charge in [-0.2, -0.15) is 0 Å². The average molecular weight is 242 g/mol. The van der Waals surface area contributed by atoms with Crippen LogP contribution in [0.1, 0.15) is 59.8 Å². The molecule has 0 spiro atoms. The van der Waals surface area contributed by atoms with Crippen LogP contribution in [-0.4, -0.2) is 24.3 Å². The Morgan fingerprint density at radius 3 is 2.41 bits per heavy atom. The fourth-order valence-electron chi connectivity index (χ4n) is 2.21. The molecule has 0 amide bonds. The van der Waals surface area contributed by atoms with Crippen molar-refractivity contribution in [3.63, 3.8) is 0 Å². The standard InChI is InChI=1S/C14H26O3/c1-5-16-11(2)14(3,4)17-13(15)12-9-7-6-8-10-12/h11-12H,5-10H2,1-4H3. The normalized spacial score (nSPS) is 20.0. The van der Waals surface area contributed by atoms with Crippen molar-refractivity contribution in [2.75, 3.05) is 6.61 Å². The molecular weight excluding hydrogens is 216 g/mol. The molecule has 0 heterocycles. The minimum Gasteiger partial charge on any atom is -0.457 e. The summed E-state index contributed by atoms with van der Waals surface area (Å²) in [7, 11) is 0. The third kappa shape index (κ3) is 4.30. The van der Waals surface area contributed by atoms with Crippen molar-refractivity contribution in [3.8, 4) is 0 Å². The van der Waals surface area contributed by atoms with E-state index in [2.05, 4.69) is 0 Å². The van der Waals surface area contributed by atoms with Gasteiger partial charge in [-0.1, -0.05) is 19.3 Å². The SMILES string of the molecule is CCOC(C)C(C)(C)OC(=O)C1CCCCC1. The lowest BCUT2D eigenvalue weighted by atomic mass is 9.89. The van der Waals surface area contributed by atoms with E-state index in [1.165, 1.54) is 6.42 Å². The highest BCUT2D eigenvalue weighted by atomic mass is 16.6. The lowest BCUT2D eigenvalue weighted by molar-refractivity contribution is -0.176. The molecule has 1 rings (SSSR count). The zero-order chi connectivity index (χ0) is 12.9. The van der Waals surface area contributed by atoms with Crippen molar-refractivity contribution in [2.45, 2.75) is 71.5 Å². The summed E-state index contributed by atoms with van der Waals surface area (Å²) in [6.07, 6.45) is 5.46. The second-order valence-electron chi connectivity index (χ2n) is 5.46. The van der Waals surface area contributed by atoms with Crippen LogP contribution in [0.4, 0.5) is 0 Å². The molecule has 0 bridgehead atoms. The molecule has 0 N–H and O–H groups in total. The molecule has 0 aromatic carbocycles. The fourth-order valence-corrected chi connectivity index (χ4v) is 2.21. The molecule has 0 radical (unpaired) electrons. The summed E-state index contributed by atoms with van der Waals surface area (Å²) >= 11 is 0. The summed E-state index contributed by atoms with van der Waals surface area (Å²) in [5.74, 6) is 0.0677. The Kier molecular flexibility index (Phi) is 5.44. The van der Waals surface area contributed by atoms with Crippen LogP contribution in [-0.2, 0) is 14.3 Å². The number of carbonyl (C=O) groups excluding carboxylic acids is 1. The number of ether oxygens (including phenoxy) is 2. The first-order valence-corrected chi connectivity index (χ1v) is 6.82. The summed E-state index contributed by atoms with van der Waals surface area (Å²) in [5.41, 5.74) is -0.537. The minimum absolute atomic E-state index is 0.0405. The van der Waals surface area contributed by atoms with Gasteiger partial charge in [-0.25, -0.2) is 0 Å². The van der Waals surface area contributed by atoms with Gasteiger partial charge in [-0.05, 0) is 40.5 Å². The lowest BCUT2D eigenvalue weighted by Gasteiger charge is -2.33. The van der Waals surface area contributed by atoms with Crippen molar-refractivity contribution in [1.29, 1.82) is 0 Å². The Morgan fingerprint density at radius 2 is 1.88 bits per heavy atom. The first kappa shape index (κ1) is 14.5. The summed E-state index contributed by atoms with van der Waals surface area (Å²) in [5, 5.41) is 0. The molecule has 1 aliphatic carbocycles. The number of esters is 1. The molecule has 0 aromatic heterocycles. The van der Waals surface area contributed by atoms with Crippen LogP contribution in [0, 0.1) is 5.92 Å². The van der Waals surface area contributed by atoms with E-state index in [1.807, 2.05) is 27.7 Å². The highest BCUT2D eigenvalue weighted by Crippen LogP contribution is 2.27. The lowest BCUT2D eigenvalue weighted by Crippen LogP contribution is -2.42. The summed E-state index contributed by atoms with van der Waals surface area (Å²) in [6, 6.07) is 0. The van der Waals surface area contributed by atoms with Crippen molar-refractivity contribution in [3.05, 3.63) is 0 Å². The number of hydrogen-bond acceptors (Lipinski definition) is 3. The molecule has 0 aliphatic heterocycles. The molecular formula is C14H26O3. The Balaban J connectivity index is 2.47. The van der Waals surface area contributed by atoms with Gasteiger partial charge in [0.05, 0.1) is 12.0 Å². The number of hydrogen-bond donors (Lipinski definition) is 0. The topological polar surface area (TPSA) is 35.5 Å². The van der Waals surface area contributed by atoms with Crippen LogP contribution in [0.2, 0.25) is 0 Å². The van der Waals surface area contributed by atoms with Crippen LogP contribution in [0.15, 0.2) is 0 Å². The van der Waals surface area contributed by atoms with Crippen molar-refractivity contribution in [2.24, 2.45) is 5.92 Å². The predicted molar refractivity (Wildman–Crippen MR) is 67.8 cm³/mol. The Bertz CT molecular complexity index is 242. The van der Waals surface area contributed by atoms with E-state index in [0.29, 0.717) is 6.61 Å². The van der Waals surface area contributed by atoms with Crippen LogP contribution < -0.4 is 0 Å². The molecule has 1 aliphatic rings. The van der Waals surface area contributed by atoms with Crippen LogP contribution in [0.3, 0.4) is 0 Å². The fraction of sp³-hybridized carbons (Fsp3) is 0.929. The zero-order valence-electron chi connectivity index (χ0n) is 11.6. The number of rotatable bonds is 5. The molecule has 0 saturated heterocycles. The Labute approximate surface area is 105 Å². The van der Waals surface area contributed by atoms with Gasteiger partial charge in [0.25, 0.3) is 0 Å². The molecule has 1 saturated carbocycles. The third-order valence-corrected chi connectivity index (χ3v) is 3.70. The van der Waals surface area contributed by atoms with Crippen LogP contribution >= 0.6 is 0 Å². The first-order chi connectivity index (χ1) is 7.97. The average Bonchev–Trinajstić information content (AvgIpc) is 2.30. The van der Waals surface area contributed by atoms with E-state index in [4.69, 9.17) is 9.47 Å². The minimum atomic E-state index is -0.537. The van der Waals surface area contributed by atoms with E-state index in [-0.39, 0.29) is 18.0 Å². The smallest absolute Gasteiger partial charge is 0.309 e. The van der Waals surface area contributed by atoms with Crippen molar-refractivity contribution in [1.82, 2.24) is 0 Å². The molecule has 1 atom stereocenters. The highest BCUT2D eigenvalue weighted by molar-refractivity contribution is 5.73.